The summed E-state index contributed by atoms with van der Waals surface area (Å²) in [5.41, 5.74) is 2.56. The number of aromatic nitrogens is 1. The number of nitrogens with zero attached hydrogens (tertiary/aromatic N) is 1. The van der Waals surface area contributed by atoms with Gasteiger partial charge in [-0.25, -0.2) is 13.9 Å². The second kappa shape index (κ2) is 7.78. The summed E-state index contributed by atoms with van der Waals surface area (Å²) in [6.07, 6.45) is 3.91. The van der Waals surface area contributed by atoms with E-state index in [1.807, 2.05) is 6.07 Å². The minimum Gasteiger partial charge on any atom is -0.288 e. The molecule has 3 aromatic rings. The summed E-state index contributed by atoms with van der Waals surface area (Å²) in [6, 6.07) is 18.1. The van der Waals surface area contributed by atoms with Crippen LogP contribution in [0.3, 0.4) is 0 Å². The zero-order valence-electron chi connectivity index (χ0n) is 14.0. The van der Waals surface area contributed by atoms with Crippen molar-refractivity contribution in [3.05, 3.63) is 72.9 Å². The lowest BCUT2D eigenvalue weighted by atomic mass is 10.2. The lowest BCUT2D eigenvalue weighted by Crippen LogP contribution is -2.14. The number of hydrogen-bond acceptors (Lipinski definition) is 4. The van der Waals surface area contributed by atoms with E-state index in [1.54, 1.807) is 47.2 Å². The predicted octanol–water partition coefficient (Wildman–Crippen LogP) is 2.31. The first-order valence-electron chi connectivity index (χ1n) is 7.81. The zero-order chi connectivity index (χ0) is 19.3. The average molecular weight is 381 g/mol. The SMILES string of the molecule is O=C(/C=C/C#Cn1cc(NS(=O)(=O)c2ccccc2)c2ccccc21)NO. The van der Waals surface area contributed by atoms with Crippen molar-refractivity contribution < 1.29 is 18.4 Å². The van der Waals surface area contributed by atoms with Crippen LogP contribution in [0, 0.1) is 12.0 Å². The molecule has 0 aliphatic carbocycles. The highest BCUT2D eigenvalue weighted by molar-refractivity contribution is 7.92. The fourth-order valence-electron chi connectivity index (χ4n) is 2.42. The molecule has 27 heavy (non-hydrogen) atoms. The minimum atomic E-state index is -3.74. The number of nitrogens with one attached hydrogen (secondary N) is 2. The Morgan fingerprint density at radius 3 is 2.52 bits per heavy atom. The van der Waals surface area contributed by atoms with Gasteiger partial charge in [0.05, 0.1) is 16.1 Å². The summed E-state index contributed by atoms with van der Waals surface area (Å²) in [5, 5.41) is 9.11. The molecule has 1 heterocycles. The van der Waals surface area contributed by atoms with E-state index in [1.165, 1.54) is 23.7 Å². The zero-order valence-corrected chi connectivity index (χ0v) is 14.8. The van der Waals surface area contributed by atoms with Crippen LogP contribution in [0.2, 0.25) is 0 Å². The number of rotatable bonds is 4. The summed E-state index contributed by atoms with van der Waals surface area (Å²) < 4.78 is 29.3. The number of sulfonamides is 1. The number of hydrogen-bond donors (Lipinski definition) is 3. The van der Waals surface area contributed by atoms with Crippen LogP contribution < -0.4 is 10.2 Å². The van der Waals surface area contributed by atoms with Gasteiger partial charge in [-0.1, -0.05) is 42.3 Å². The molecule has 0 spiro atoms. The third kappa shape index (κ3) is 4.17. The largest absolute Gasteiger partial charge is 0.288 e. The number of anilines is 1. The number of benzene rings is 2. The Morgan fingerprint density at radius 2 is 1.78 bits per heavy atom. The van der Waals surface area contributed by atoms with Gasteiger partial charge in [-0.15, -0.1) is 0 Å². The van der Waals surface area contributed by atoms with Crippen LogP contribution in [-0.4, -0.2) is 24.1 Å². The molecule has 0 bridgehead atoms. The van der Waals surface area contributed by atoms with Crippen molar-refractivity contribution in [1.82, 2.24) is 10.0 Å². The van der Waals surface area contributed by atoms with Crippen molar-refractivity contribution in [2.45, 2.75) is 4.90 Å². The Labute approximate surface area is 155 Å². The third-order valence-corrected chi connectivity index (χ3v) is 5.00. The fourth-order valence-corrected chi connectivity index (χ4v) is 3.50. The first-order chi connectivity index (χ1) is 13.0. The van der Waals surface area contributed by atoms with Gasteiger partial charge in [0.15, 0.2) is 0 Å². The molecule has 3 N–H and O–H groups in total. The summed E-state index contributed by atoms with van der Waals surface area (Å²) in [6.45, 7) is 0. The van der Waals surface area contributed by atoms with E-state index in [-0.39, 0.29) is 4.90 Å². The van der Waals surface area contributed by atoms with Gasteiger partial charge in [0, 0.05) is 23.7 Å². The maximum Gasteiger partial charge on any atom is 0.267 e. The summed E-state index contributed by atoms with van der Waals surface area (Å²) >= 11 is 0. The van der Waals surface area contributed by atoms with Crippen LogP contribution in [0.25, 0.3) is 10.9 Å². The second-order valence-electron chi connectivity index (χ2n) is 5.41. The minimum absolute atomic E-state index is 0.158. The molecule has 136 valence electrons. The van der Waals surface area contributed by atoms with Crippen molar-refractivity contribution in [2.24, 2.45) is 0 Å². The van der Waals surface area contributed by atoms with E-state index < -0.39 is 15.9 Å². The highest BCUT2D eigenvalue weighted by Gasteiger charge is 2.16. The second-order valence-corrected chi connectivity index (χ2v) is 7.10. The molecule has 0 atom stereocenters. The first-order valence-corrected chi connectivity index (χ1v) is 9.30. The molecular formula is C19H15N3O4S. The number of carbonyl (C=O) groups excluding carboxylic acids is 1. The topological polar surface area (TPSA) is 100 Å². The molecule has 2 aromatic carbocycles. The number of amides is 1. The molecule has 1 amide bonds. The lowest BCUT2D eigenvalue weighted by Gasteiger charge is -2.06. The molecule has 8 heteroatoms. The summed E-state index contributed by atoms with van der Waals surface area (Å²) in [4.78, 5) is 11.1. The molecule has 1 aromatic heterocycles. The van der Waals surface area contributed by atoms with Crippen LogP contribution in [0.1, 0.15) is 0 Å². The number of hydroxylamine groups is 1. The highest BCUT2D eigenvalue weighted by atomic mass is 32.2. The normalized spacial score (nSPS) is 11.1. The summed E-state index contributed by atoms with van der Waals surface area (Å²) in [7, 11) is -3.74. The van der Waals surface area contributed by atoms with Crippen molar-refractivity contribution in [1.29, 1.82) is 0 Å². The average Bonchev–Trinajstić information content (AvgIpc) is 3.03. The Kier molecular flexibility index (Phi) is 5.26. The molecule has 0 radical (unpaired) electrons. The van der Waals surface area contributed by atoms with Gasteiger partial charge in [0.25, 0.3) is 15.9 Å². The van der Waals surface area contributed by atoms with Crippen LogP contribution in [0.5, 0.6) is 0 Å². The molecule has 0 unspecified atom stereocenters. The van der Waals surface area contributed by atoms with Gasteiger partial charge >= 0.3 is 0 Å². The van der Waals surface area contributed by atoms with Crippen LogP contribution in [0.4, 0.5) is 5.69 Å². The molecule has 0 aliphatic rings. The van der Waals surface area contributed by atoms with E-state index in [9.17, 15) is 13.2 Å². The molecule has 3 rings (SSSR count). The molecule has 0 aliphatic heterocycles. The van der Waals surface area contributed by atoms with Crippen molar-refractivity contribution in [3.8, 4) is 12.0 Å². The maximum atomic E-state index is 12.6. The standard InChI is InChI=1S/C19H15N3O4S/c23-19(20-24)12-6-7-13-22-14-17(16-10-4-5-11-18(16)22)21-27(25,26)15-8-2-1-3-9-15/h1-6,8-12,14,21,24H,(H,20,23)/b12-6+. The van der Waals surface area contributed by atoms with Gasteiger partial charge in [-0.3, -0.25) is 19.3 Å². The Bertz CT molecular complexity index is 1170. The molecular weight excluding hydrogens is 366 g/mol. The third-order valence-electron chi connectivity index (χ3n) is 3.62. The van der Waals surface area contributed by atoms with Gasteiger partial charge in [-0.05, 0) is 24.3 Å². The van der Waals surface area contributed by atoms with E-state index in [2.05, 4.69) is 16.7 Å². The predicted molar refractivity (Wildman–Crippen MR) is 101 cm³/mol. The van der Waals surface area contributed by atoms with Gasteiger partial charge in [0.1, 0.15) is 0 Å². The number of allylic oxidation sites excluding steroid dienone is 1. The van der Waals surface area contributed by atoms with E-state index >= 15 is 0 Å². The number of carbonyl (C=O) groups is 1. The van der Waals surface area contributed by atoms with E-state index in [4.69, 9.17) is 5.21 Å². The Balaban J connectivity index is 1.97. The van der Waals surface area contributed by atoms with Crippen molar-refractivity contribution in [2.75, 3.05) is 4.72 Å². The van der Waals surface area contributed by atoms with Gasteiger partial charge in [0.2, 0.25) is 0 Å². The maximum absolute atomic E-state index is 12.6. The smallest absolute Gasteiger partial charge is 0.267 e. The molecule has 0 saturated heterocycles. The van der Waals surface area contributed by atoms with Crippen molar-refractivity contribution >= 4 is 32.5 Å². The lowest BCUT2D eigenvalue weighted by molar-refractivity contribution is -0.124. The van der Waals surface area contributed by atoms with E-state index in [0.29, 0.717) is 16.6 Å². The fraction of sp³-hybridized carbons (Fsp3) is 0. The number of para-hydroxylation sites is 1. The van der Waals surface area contributed by atoms with Crippen LogP contribution in [-0.2, 0) is 14.8 Å². The summed E-state index contributed by atoms with van der Waals surface area (Å²) in [5.74, 6) is 1.95. The number of fused-ring (bicyclic) bond motifs is 1. The Morgan fingerprint density at radius 1 is 1.07 bits per heavy atom. The van der Waals surface area contributed by atoms with Crippen LogP contribution in [0.15, 0.2) is 77.8 Å². The van der Waals surface area contributed by atoms with Crippen LogP contribution >= 0.6 is 0 Å². The molecule has 0 fully saturated rings. The first kappa shape index (κ1) is 18.3. The molecule has 0 saturated carbocycles. The quantitative estimate of drug-likeness (QED) is 0.279. The monoisotopic (exact) mass is 381 g/mol. The van der Waals surface area contributed by atoms with Crippen molar-refractivity contribution in [3.63, 3.8) is 0 Å². The van der Waals surface area contributed by atoms with Gasteiger partial charge < -0.3 is 0 Å². The highest BCUT2D eigenvalue weighted by Crippen LogP contribution is 2.27. The van der Waals surface area contributed by atoms with E-state index in [0.717, 1.165) is 6.08 Å². The Hall–Kier alpha value is -3.54. The van der Waals surface area contributed by atoms with Gasteiger partial charge in [-0.2, -0.15) is 0 Å². The molecule has 7 nitrogen and oxygen atoms in total.